The third-order valence-electron chi connectivity index (χ3n) is 3.91. The number of carboxylic acids is 1. The highest BCUT2D eigenvalue weighted by atomic mass is 16.4. The van der Waals surface area contributed by atoms with Gasteiger partial charge in [0.05, 0.1) is 5.92 Å². The zero-order valence-electron chi connectivity index (χ0n) is 12.7. The molecule has 1 aromatic carbocycles. The molecule has 1 aliphatic heterocycles. The number of hydrogen-bond donors (Lipinski definition) is 1. The molecule has 0 amide bonds. The Morgan fingerprint density at radius 1 is 1.30 bits per heavy atom. The zero-order valence-corrected chi connectivity index (χ0v) is 12.7. The molecule has 1 aliphatic rings. The first-order chi connectivity index (χ1) is 9.35. The second-order valence-corrected chi connectivity index (χ2v) is 7.13. The number of carboxylic acid groups (broad SMARTS) is 1. The van der Waals surface area contributed by atoms with Crippen LogP contribution in [-0.4, -0.2) is 35.6 Å². The predicted octanol–water partition coefficient (Wildman–Crippen LogP) is 3.22. The highest BCUT2D eigenvalue weighted by molar-refractivity contribution is 5.70. The van der Waals surface area contributed by atoms with Crippen molar-refractivity contribution in [1.29, 1.82) is 0 Å². The van der Waals surface area contributed by atoms with Crippen LogP contribution in [0.2, 0.25) is 0 Å². The zero-order chi connectivity index (χ0) is 14.8. The van der Waals surface area contributed by atoms with Crippen LogP contribution < -0.4 is 0 Å². The fourth-order valence-corrected chi connectivity index (χ4v) is 2.94. The van der Waals surface area contributed by atoms with E-state index in [1.165, 1.54) is 5.56 Å². The maximum atomic E-state index is 11.4. The van der Waals surface area contributed by atoms with Gasteiger partial charge < -0.3 is 10.0 Å². The number of likely N-dealkylation sites (tertiary alicyclic amines) is 1. The molecule has 0 aromatic heterocycles. The summed E-state index contributed by atoms with van der Waals surface area (Å²) in [7, 11) is 0. The summed E-state index contributed by atoms with van der Waals surface area (Å²) in [5.41, 5.74) is 1.43. The van der Waals surface area contributed by atoms with Gasteiger partial charge >= 0.3 is 5.97 Å². The van der Waals surface area contributed by atoms with E-state index in [2.05, 4.69) is 49.9 Å². The Hall–Kier alpha value is -1.35. The third kappa shape index (κ3) is 4.07. The molecule has 0 aliphatic carbocycles. The van der Waals surface area contributed by atoms with Crippen LogP contribution in [0.3, 0.4) is 0 Å². The minimum absolute atomic E-state index is 0.0623. The van der Waals surface area contributed by atoms with Crippen molar-refractivity contribution in [2.75, 3.05) is 19.6 Å². The molecule has 0 radical (unpaired) electrons. The molecule has 1 aromatic rings. The summed E-state index contributed by atoms with van der Waals surface area (Å²) in [5.74, 6) is -0.352. The quantitative estimate of drug-likeness (QED) is 0.897. The number of carbonyl (C=O) groups is 1. The van der Waals surface area contributed by atoms with Crippen molar-refractivity contribution in [3.8, 4) is 0 Å². The first-order valence-corrected chi connectivity index (χ1v) is 7.35. The summed E-state index contributed by atoms with van der Waals surface area (Å²) in [4.78, 5) is 13.6. The lowest BCUT2D eigenvalue weighted by Gasteiger charge is -2.41. The lowest BCUT2D eigenvalue weighted by Crippen LogP contribution is -2.48. The second kappa shape index (κ2) is 5.96. The number of rotatable bonds is 5. The second-order valence-electron chi connectivity index (χ2n) is 7.13. The standard InChI is InChI=1S/C17H25NO2/c1-17(2,3)9-14(16(19)20)10-18-11-15(12-18)13-7-5-4-6-8-13/h4-8,14-15H,9-12H2,1-3H3,(H,19,20). The number of nitrogens with zero attached hydrogens (tertiary/aromatic N) is 1. The minimum Gasteiger partial charge on any atom is -0.481 e. The summed E-state index contributed by atoms with van der Waals surface area (Å²) >= 11 is 0. The van der Waals surface area contributed by atoms with E-state index in [0.717, 1.165) is 19.5 Å². The summed E-state index contributed by atoms with van der Waals surface area (Å²) in [5, 5.41) is 9.36. The molecule has 1 saturated heterocycles. The molecular weight excluding hydrogens is 250 g/mol. The van der Waals surface area contributed by atoms with Crippen LogP contribution in [0, 0.1) is 11.3 Å². The summed E-state index contributed by atoms with van der Waals surface area (Å²) < 4.78 is 0. The Morgan fingerprint density at radius 2 is 1.90 bits per heavy atom. The van der Waals surface area contributed by atoms with E-state index >= 15 is 0 Å². The Labute approximate surface area is 121 Å². The maximum Gasteiger partial charge on any atom is 0.307 e. The van der Waals surface area contributed by atoms with E-state index in [-0.39, 0.29) is 11.3 Å². The number of benzene rings is 1. The van der Waals surface area contributed by atoms with Gasteiger partial charge in [-0.2, -0.15) is 0 Å². The third-order valence-corrected chi connectivity index (χ3v) is 3.91. The Kier molecular flexibility index (Phi) is 4.48. The smallest absolute Gasteiger partial charge is 0.307 e. The van der Waals surface area contributed by atoms with Crippen LogP contribution in [0.5, 0.6) is 0 Å². The number of aliphatic carboxylic acids is 1. The molecule has 0 spiro atoms. The van der Waals surface area contributed by atoms with E-state index in [9.17, 15) is 9.90 Å². The van der Waals surface area contributed by atoms with Crippen molar-refractivity contribution < 1.29 is 9.90 Å². The van der Waals surface area contributed by atoms with Crippen LogP contribution in [0.4, 0.5) is 0 Å². The van der Waals surface area contributed by atoms with Crippen LogP contribution in [0.25, 0.3) is 0 Å². The molecule has 1 N–H and O–H groups in total. The predicted molar refractivity (Wildman–Crippen MR) is 80.8 cm³/mol. The molecule has 0 bridgehead atoms. The van der Waals surface area contributed by atoms with E-state index in [4.69, 9.17) is 0 Å². The summed E-state index contributed by atoms with van der Waals surface area (Å²) in [6.45, 7) is 8.95. The lowest BCUT2D eigenvalue weighted by molar-refractivity contribution is -0.144. The Bertz CT molecular complexity index is 444. The summed E-state index contributed by atoms with van der Waals surface area (Å²) in [6, 6.07) is 10.5. The van der Waals surface area contributed by atoms with Crippen molar-refractivity contribution in [2.45, 2.75) is 33.1 Å². The molecule has 2 rings (SSSR count). The fourth-order valence-electron chi connectivity index (χ4n) is 2.94. The van der Waals surface area contributed by atoms with Gasteiger partial charge in [-0.3, -0.25) is 4.79 Å². The van der Waals surface area contributed by atoms with Gasteiger partial charge in [-0.1, -0.05) is 51.1 Å². The van der Waals surface area contributed by atoms with E-state index in [1.807, 2.05) is 6.07 Å². The monoisotopic (exact) mass is 275 g/mol. The van der Waals surface area contributed by atoms with Gasteiger partial charge in [0.25, 0.3) is 0 Å². The lowest BCUT2D eigenvalue weighted by atomic mass is 9.83. The molecule has 1 heterocycles. The van der Waals surface area contributed by atoms with Crippen LogP contribution in [0.15, 0.2) is 30.3 Å². The summed E-state index contributed by atoms with van der Waals surface area (Å²) in [6.07, 6.45) is 0.731. The largest absolute Gasteiger partial charge is 0.481 e. The van der Waals surface area contributed by atoms with Crippen molar-refractivity contribution in [3.05, 3.63) is 35.9 Å². The first-order valence-electron chi connectivity index (χ1n) is 7.35. The normalized spacial score (nSPS) is 18.6. The minimum atomic E-state index is -0.664. The molecule has 3 nitrogen and oxygen atoms in total. The van der Waals surface area contributed by atoms with Gasteiger partial charge in [-0.05, 0) is 17.4 Å². The SMILES string of the molecule is CC(C)(C)CC(CN1CC(c2ccccc2)C1)C(=O)O. The molecule has 1 atom stereocenters. The Balaban J connectivity index is 1.84. The highest BCUT2D eigenvalue weighted by Crippen LogP contribution is 2.30. The molecule has 20 heavy (non-hydrogen) atoms. The average Bonchev–Trinajstić information content (AvgIpc) is 2.31. The van der Waals surface area contributed by atoms with Crippen LogP contribution >= 0.6 is 0 Å². The van der Waals surface area contributed by atoms with Crippen molar-refractivity contribution in [1.82, 2.24) is 4.90 Å². The van der Waals surface area contributed by atoms with Gasteiger partial charge in [0.15, 0.2) is 0 Å². The molecular formula is C17H25NO2. The average molecular weight is 275 g/mol. The van der Waals surface area contributed by atoms with Crippen molar-refractivity contribution in [2.24, 2.45) is 11.3 Å². The van der Waals surface area contributed by atoms with Gasteiger partial charge in [-0.15, -0.1) is 0 Å². The van der Waals surface area contributed by atoms with Gasteiger partial charge in [0.2, 0.25) is 0 Å². The van der Waals surface area contributed by atoms with Crippen molar-refractivity contribution >= 4 is 5.97 Å². The molecule has 0 saturated carbocycles. The van der Waals surface area contributed by atoms with E-state index in [0.29, 0.717) is 12.5 Å². The van der Waals surface area contributed by atoms with E-state index in [1.54, 1.807) is 0 Å². The number of hydrogen-bond acceptors (Lipinski definition) is 2. The van der Waals surface area contributed by atoms with Gasteiger partial charge in [0.1, 0.15) is 0 Å². The first kappa shape index (κ1) is 15.0. The van der Waals surface area contributed by atoms with Crippen molar-refractivity contribution in [3.63, 3.8) is 0 Å². The van der Waals surface area contributed by atoms with Gasteiger partial charge in [0, 0.05) is 25.6 Å². The highest BCUT2D eigenvalue weighted by Gasteiger charge is 2.33. The molecule has 1 fully saturated rings. The Morgan fingerprint density at radius 3 is 2.40 bits per heavy atom. The van der Waals surface area contributed by atoms with Crippen LogP contribution in [0.1, 0.15) is 38.7 Å². The fraction of sp³-hybridized carbons (Fsp3) is 0.588. The molecule has 1 unspecified atom stereocenters. The van der Waals surface area contributed by atoms with Crippen LogP contribution in [-0.2, 0) is 4.79 Å². The van der Waals surface area contributed by atoms with Gasteiger partial charge in [-0.25, -0.2) is 0 Å². The maximum absolute atomic E-state index is 11.4. The van der Waals surface area contributed by atoms with E-state index < -0.39 is 5.97 Å². The molecule has 3 heteroatoms. The topological polar surface area (TPSA) is 40.5 Å². The molecule has 110 valence electrons.